The second-order valence-corrected chi connectivity index (χ2v) is 4.54. The van der Waals surface area contributed by atoms with Gasteiger partial charge >= 0.3 is 0 Å². The molecule has 0 saturated heterocycles. The molecule has 0 aromatic heterocycles. The van der Waals surface area contributed by atoms with Gasteiger partial charge in [-0.3, -0.25) is 9.59 Å². The quantitative estimate of drug-likeness (QED) is 0.765. The lowest BCUT2D eigenvalue weighted by molar-refractivity contribution is -0.133. The van der Waals surface area contributed by atoms with Crippen molar-refractivity contribution >= 4 is 17.1 Å². The second-order valence-electron chi connectivity index (χ2n) is 4.54. The molecule has 0 aliphatic heterocycles. The number of allylic oxidation sites excluding steroid dienone is 2. The molecular formula is C17H12O2. The molecule has 0 radical (unpaired) electrons. The first-order valence-corrected chi connectivity index (χ1v) is 6.17. The molecule has 0 N–H and O–H groups in total. The molecule has 2 heteroatoms. The lowest BCUT2D eigenvalue weighted by Crippen LogP contribution is -2.14. The zero-order valence-electron chi connectivity index (χ0n) is 10.2. The molecule has 3 rings (SSSR count). The number of benzene rings is 2. The minimum Gasteiger partial charge on any atom is -0.289 e. The normalized spacial score (nSPS) is 18.5. The number of carbonyl (C=O) groups excluding carboxylic acids is 2. The van der Waals surface area contributed by atoms with E-state index in [2.05, 4.69) is 0 Å². The number of rotatable bonds is 2. The highest BCUT2D eigenvalue weighted by atomic mass is 16.2. The molecular weight excluding hydrogens is 236 g/mol. The Balaban J connectivity index is 2.10. The molecule has 1 aliphatic carbocycles. The Morgan fingerprint density at radius 1 is 0.737 bits per heavy atom. The van der Waals surface area contributed by atoms with E-state index in [-0.39, 0.29) is 5.78 Å². The molecule has 2 nitrogen and oxygen atoms in total. The van der Waals surface area contributed by atoms with Crippen LogP contribution >= 0.6 is 0 Å². The van der Waals surface area contributed by atoms with E-state index in [4.69, 9.17) is 0 Å². The Bertz CT molecular complexity index is 654. The average Bonchev–Trinajstić information content (AvgIpc) is 2.77. The fourth-order valence-electron chi connectivity index (χ4n) is 2.44. The smallest absolute Gasteiger partial charge is 0.222 e. The molecule has 0 spiro atoms. The third-order valence-corrected chi connectivity index (χ3v) is 3.34. The molecule has 92 valence electrons. The van der Waals surface area contributed by atoms with Gasteiger partial charge in [0.05, 0.1) is 5.92 Å². The van der Waals surface area contributed by atoms with E-state index in [9.17, 15) is 9.59 Å². The van der Waals surface area contributed by atoms with Crippen molar-refractivity contribution in [2.24, 2.45) is 0 Å². The molecule has 0 amide bonds. The van der Waals surface area contributed by atoms with Crippen LogP contribution in [0.4, 0.5) is 0 Å². The van der Waals surface area contributed by atoms with E-state index >= 15 is 0 Å². The second kappa shape index (κ2) is 4.65. The van der Waals surface area contributed by atoms with Crippen LogP contribution in [0.15, 0.2) is 66.7 Å². The van der Waals surface area contributed by atoms with Gasteiger partial charge in [0.2, 0.25) is 11.6 Å². The summed E-state index contributed by atoms with van der Waals surface area (Å²) >= 11 is 0. The van der Waals surface area contributed by atoms with Gasteiger partial charge in [-0.1, -0.05) is 60.7 Å². The fourth-order valence-corrected chi connectivity index (χ4v) is 2.44. The predicted octanol–water partition coefficient (Wildman–Crippen LogP) is 3.01. The summed E-state index contributed by atoms with van der Waals surface area (Å²) in [5.74, 6) is -1.21. The van der Waals surface area contributed by atoms with Crippen molar-refractivity contribution in [1.82, 2.24) is 0 Å². The van der Waals surface area contributed by atoms with Gasteiger partial charge in [-0.25, -0.2) is 0 Å². The third-order valence-electron chi connectivity index (χ3n) is 3.34. The molecule has 2 aromatic carbocycles. The van der Waals surface area contributed by atoms with Gasteiger partial charge < -0.3 is 0 Å². The molecule has 0 saturated carbocycles. The summed E-state index contributed by atoms with van der Waals surface area (Å²) in [6.45, 7) is 0. The first-order valence-electron chi connectivity index (χ1n) is 6.17. The van der Waals surface area contributed by atoms with Crippen molar-refractivity contribution in [3.05, 3.63) is 77.9 Å². The van der Waals surface area contributed by atoms with E-state index in [1.54, 1.807) is 0 Å². The molecule has 0 fully saturated rings. The molecule has 1 atom stereocenters. The summed E-state index contributed by atoms with van der Waals surface area (Å²) in [7, 11) is 0. The largest absolute Gasteiger partial charge is 0.289 e. The van der Waals surface area contributed by atoms with Crippen LogP contribution in [0, 0.1) is 0 Å². The Hall–Kier alpha value is -2.48. The topological polar surface area (TPSA) is 34.1 Å². The highest BCUT2D eigenvalue weighted by Crippen LogP contribution is 2.37. The summed E-state index contributed by atoms with van der Waals surface area (Å²) < 4.78 is 0. The van der Waals surface area contributed by atoms with Crippen LogP contribution in [0.3, 0.4) is 0 Å². The summed E-state index contributed by atoms with van der Waals surface area (Å²) in [5, 5.41) is 0. The Labute approximate surface area is 111 Å². The van der Waals surface area contributed by atoms with Crippen molar-refractivity contribution in [2.75, 3.05) is 0 Å². The van der Waals surface area contributed by atoms with Crippen molar-refractivity contribution in [2.45, 2.75) is 5.92 Å². The van der Waals surface area contributed by atoms with Crippen LogP contribution in [0.1, 0.15) is 17.0 Å². The number of Topliss-reactive ketones (excluding diaryl/α,β-unsaturated/α-hetero) is 1. The van der Waals surface area contributed by atoms with Gasteiger partial charge in [-0.15, -0.1) is 0 Å². The summed E-state index contributed by atoms with van der Waals surface area (Å²) in [4.78, 5) is 23.8. The van der Waals surface area contributed by atoms with Crippen LogP contribution in [0.5, 0.6) is 0 Å². The lowest BCUT2D eigenvalue weighted by Gasteiger charge is -2.13. The first-order chi connectivity index (χ1) is 9.27. The summed E-state index contributed by atoms with van der Waals surface area (Å²) in [6, 6.07) is 19.0. The highest BCUT2D eigenvalue weighted by Gasteiger charge is 2.35. The van der Waals surface area contributed by atoms with Crippen LogP contribution in [0.25, 0.3) is 5.57 Å². The molecule has 1 aliphatic rings. The summed E-state index contributed by atoms with van der Waals surface area (Å²) in [6.07, 6.45) is 1.47. The maximum absolute atomic E-state index is 12.1. The zero-order valence-corrected chi connectivity index (χ0v) is 10.2. The van der Waals surface area contributed by atoms with Gasteiger partial charge in [0.15, 0.2) is 0 Å². The van der Waals surface area contributed by atoms with Gasteiger partial charge in [-0.05, 0) is 22.8 Å². The Kier molecular flexibility index (Phi) is 2.84. The first kappa shape index (κ1) is 11.6. The average molecular weight is 248 g/mol. The van der Waals surface area contributed by atoms with E-state index in [0.29, 0.717) is 0 Å². The van der Waals surface area contributed by atoms with Crippen LogP contribution < -0.4 is 0 Å². The maximum Gasteiger partial charge on any atom is 0.222 e. The van der Waals surface area contributed by atoms with Crippen LogP contribution in [-0.2, 0) is 9.59 Å². The van der Waals surface area contributed by atoms with Crippen molar-refractivity contribution in [3.63, 3.8) is 0 Å². The standard InChI is InChI=1S/C17H12O2/c18-15-11-14(12-7-3-1-4-8-12)16(17(15)19)13-9-5-2-6-10-13/h1-11,16H/t16-/m1/s1. The number of hydrogen-bond donors (Lipinski definition) is 0. The van der Waals surface area contributed by atoms with Crippen molar-refractivity contribution in [1.29, 1.82) is 0 Å². The van der Waals surface area contributed by atoms with E-state index in [0.717, 1.165) is 16.7 Å². The number of hydrogen-bond acceptors (Lipinski definition) is 2. The highest BCUT2D eigenvalue weighted by molar-refractivity contribution is 6.50. The lowest BCUT2D eigenvalue weighted by atomic mass is 9.88. The SMILES string of the molecule is O=C1C=C(c2ccccc2)[C@@H](c2ccccc2)C1=O. The minimum absolute atomic E-state index is 0.343. The van der Waals surface area contributed by atoms with Gasteiger partial charge in [-0.2, -0.15) is 0 Å². The van der Waals surface area contributed by atoms with Crippen LogP contribution in [0.2, 0.25) is 0 Å². The molecule has 0 heterocycles. The number of ketones is 2. The predicted molar refractivity (Wildman–Crippen MR) is 73.6 cm³/mol. The molecule has 2 aromatic rings. The van der Waals surface area contributed by atoms with Gasteiger partial charge in [0.1, 0.15) is 0 Å². The zero-order chi connectivity index (χ0) is 13.2. The van der Waals surface area contributed by atoms with Crippen molar-refractivity contribution < 1.29 is 9.59 Å². The molecule has 0 unspecified atom stereocenters. The van der Waals surface area contributed by atoms with Crippen molar-refractivity contribution in [3.8, 4) is 0 Å². The van der Waals surface area contributed by atoms with Crippen LogP contribution in [-0.4, -0.2) is 11.6 Å². The monoisotopic (exact) mass is 248 g/mol. The third kappa shape index (κ3) is 2.02. The maximum atomic E-state index is 12.1. The van der Waals surface area contributed by atoms with E-state index in [1.807, 2.05) is 60.7 Å². The Morgan fingerprint density at radius 2 is 1.32 bits per heavy atom. The Morgan fingerprint density at radius 3 is 1.95 bits per heavy atom. The minimum atomic E-state index is -0.462. The molecule has 0 bridgehead atoms. The number of carbonyl (C=O) groups is 2. The molecule has 19 heavy (non-hydrogen) atoms. The van der Waals surface area contributed by atoms with E-state index < -0.39 is 11.7 Å². The van der Waals surface area contributed by atoms with Gasteiger partial charge in [0, 0.05) is 0 Å². The van der Waals surface area contributed by atoms with Gasteiger partial charge in [0.25, 0.3) is 0 Å². The van der Waals surface area contributed by atoms with E-state index in [1.165, 1.54) is 6.08 Å². The fraction of sp³-hybridized carbons (Fsp3) is 0.0588. The summed E-state index contributed by atoms with van der Waals surface area (Å²) in [5.41, 5.74) is 2.59.